The minimum absolute atomic E-state index is 0.0506. The monoisotopic (exact) mass is 1100 g/mol. The lowest BCUT2D eigenvalue weighted by atomic mass is 9.59. The number of benzene rings is 4. The highest BCUT2D eigenvalue weighted by Gasteiger charge is 2.50. The lowest BCUT2D eigenvalue weighted by Crippen LogP contribution is -2.60. The van der Waals surface area contributed by atoms with E-state index < -0.39 is 59.4 Å². The van der Waals surface area contributed by atoms with Crippen molar-refractivity contribution in [3.05, 3.63) is 142 Å². The van der Waals surface area contributed by atoms with Crippen molar-refractivity contribution in [1.29, 1.82) is 0 Å². The summed E-state index contributed by atoms with van der Waals surface area (Å²) in [5.74, 6) is -1.61. The summed E-state index contributed by atoms with van der Waals surface area (Å²) < 4.78 is 97.3. The molecular formula is C55H63F2N9O9S2. The van der Waals surface area contributed by atoms with Crippen molar-refractivity contribution in [2.75, 3.05) is 74.1 Å². The van der Waals surface area contributed by atoms with E-state index in [2.05, 4.69) is 63.2 Å². The number of carbonyl (C=O) groups excluding carboxylic acids is 1. The number of pyridine rings is 1. The van der Waals surface area contributed by atoms with E-state index in [9.17, 15) is 31.7 Å². The number of nitrogens with zero attached hydrogens (tertiary/aromatic N) is 6. The molecule has 4 aromatic carbocycles. The number of piperidine rings is 1. The first-order valence-electron chi connectivity index (χ1n) is 26.0. The van der Waals surface area contributed by atoms with Crippen molar-refractivity contribution in [2.45, 2.75) is 87.5 Å². The maximum Gasteiger partial charge on any atom is 0.293 e. The Hall–Kier alpha value is -6.72. The largest absolute Gasteiger partial charge is 0.455 e. The van der Waals surface area contributed by atoms with Gasteiger partial charge in [0.1, 0.15) is 34.3 Å². The zero-order chi connectivity index (χ0) is 54.2. The summed E-state index contributed by atoms with van der Waals surface area (Å²) >= 11 is 0. The number of carbonyl (C=O) groups is 1. The molecular weight excluding hydrogens is 1030 g/mol. The summed E-state index contributed by atoms with van der Waals surface area (Å²) in [4.78, 5) is 39.3. The standard InChI is InChI=1S/C55H63F2N9O9S2/c1-36(2)43-6-4-5-7-44(43)50-34-63(33-37-8-10-39(11-9-37)62(3)76(70)71)22-23-65(50)40-30-54(31-40)15-20-64(21-16-54)48-29-51(75-41-26-38-14-19-58-52(38)59-32-41)45(28-46(48)56)53(67)61-77(72,73)42-12-13-47(49(27-42)66(68)69)60-35-55(57)17-24-74-25-18-55/h4-14,19,26-29,32,36,40,50,60,76H,15-18,20-25,30-31,33-35H2,1-3H3,(H,58,59)(H,61,67)/t50-/m0/s1. The molecule has 1 amide bonds. The number of aromatic nitrogens is 2. The summed E-state index contributed by atoms with van der Waals surface area (Å²) in [5.41, 5.74) is 2.32. The Morgan fingerprint density at radius 2 is 1.73 bits per heavy atom. The average molecular weight is 1100 g/mol. The molecule has 3 aliphatic heterocycles. The fraction of sp³-hybridized carbons (Fsp3) is 0.418. The van der Waals surface area contributed by atoms with E-state index in [-0.39, 0.29) is 66.9 Å². The van der Waals surface area contributed by atoms with Crippen molar-refractivity contribution < 1.29 is 44.8 Å². The molecule has 0 radical (unpaired) electrons. The number of hydrogen-bond acceptors (Lipinski definition) is 14. The van der Waals surface area contributed by atoms with E-state index in [4.69, 9.17) is 9.47 Å². The molecule has 3 N–H and O–H groups in total. The molecule has 1 saturated carbocycles. The minimum atomic E-state index is -4.80. The second-order valence-electron chi connectivity index (χ2n) is 21.2. The van der Waals surface area contributed by atoms with Crippen molar-refractivity contribution in [3.63, 3.8) is 0 Å². The molecule has 408 valence electrons. The first-order valence-corrected chi connectivity index (χ1v) is 28.6. The maximum atomic E-state index is 16.6. The molecule has 0 bridgehead atoms. The zero-order valence-electron chi connectivity index (χ0n) is 43.1. The molecule has 3 saturated heterocycles. The summed E-state index contributed by atoms with van der Waals surface area (Å²) in [6.07, 6.45) is 6.89. The third-order valence-electron chi connectivity index (χ3n) is 16.0. The van der Waals surface area contributed by atoms with Crippen LogP contribution in [0.25, 0.3) is 11.0 Å². The number of nitro groups is 1. The van der Waals surface area contributed by atoms with Crippen molar-refractivity contribution in [2.24, 2.45) is 5.41 Å². The number of piperazine rings is 1. The SMILES string of the molecule is CC(C)c1ccccc1[C@@H]1CN(Cc2ccc(N(C)[SH](=O)=O)cc2)CCN1C1CC2(CCN(c3cc(Oc4cnc5[nH]ccc5c4)c(C(=O)NS(=O)(=O)c4ccc(NCC5(F)CCOCC5)c([N+](=O)[O-])c4)cc3F)CC2)C1. The molecule has 6 aromatic rings. The van der Waals surface area contributed by atoms with Gasteiger partial charge in [-0.25, -0.2) is 35.3 Å². The van der Waals surface area contributed by atoms with Gasteiger partial charge in [-0.15, -0.1) is 0 Å². The highest BCUT2D eigenvalue weighted by Crippen LogP contribution is 2.54. The van der Waals surface area contributed by atoms with Crippen LogP contribution in [0, 0.1) is 21.3 Å². The highest BCUT2D eigenvalue weighted by atomic mass is 32.2. The lowest BCUT2D eigenvalue weighted by molar-refractivity contribution is -0.384. The second kappa shape index (κ2) is 22.0. The molecule has 10 rings (SSSR count). The van der Waals surface area contributed by atoms with Gasteiger partial charge in [0.25, 0.3) is 21.6 Å². The van der Waals surface area contributed by atoms with Gasteiger partial charge in [0.15, 0.2) is 0 Å². The third-order valence-corrected chi connectivity index (χ3v) is 18.0. The van der Waals surface area contributed by atoms with E-state index >= 15 is 8.78 Å². The first kappa shape index (κ1) is 53.7. The van der Waals surface area contributed by atoms with Crippen LogP contribution in [0.4, 0.5) is 31.5 Å². The predicted octanol–water partition coefficient (Wildman–Crippen LogP) is 8.85. The van der Waals surface area contributed by atoms with Crippen LogP contribution in [0.3, 0.4) is 0 Å². The fourth-order valence-electron chi connectivity index (χ4n) is 11.6. The lowest BCUT2D eigenvalue weighted by Gasteiger charge is -2.58. The summed E-state index contributed by atoms with van der Waals surface area (Å²) in [6.45, 7) is 8.97. The molecule has 5 heterocycles. The number of anilines is 3. The van der Waals surface area contributed by atoms with Gasteiger partial charge in [-0.05, 0) is 96.2 Å². The van der Waals surface area contributed by atoms with Crippen LogP contribution in [0.1, 0.15) is 91.4 Å². The Labute approximate surface area is 448 Å². The number of alkyl halides is 1. The molecule has 77 heavy (non-hydrogen) atoms. The molecule has 4 fully saturated rings. The van der Waals surface area contributed by atoms with E-state index in [1.165, 1.54) is 34.7 Å². The number of nitro benzene ring substituents is 1. The zero-order valence-corrected chi connectivity index (χ0v) is 44.8. The van der Waals surface area contributed by atoms with E-state index in [1.54, 1.807) is 18.3 Å². The topological polar surface area (TPSA) is 213 Å². The van der Waals surface area contributed by atoms with Gasteiger partial charge >= 0.3 is 0 Å². The molecule has 18 nitrogen and oxygen atoms in total. The summed E-state index contributed by atoms with van der Waals surface area (Å²) in [5, 5.41) is 15.6. The predicted molar refractivity (Wildman–Crippen MR) is 290 cm³/mol. The van der Waals surface area contributed by atoms with Crippen LogP contribution in [0.15, 0.2) is 108 Å². The molecule has 1 atom stereocenters. The van der Waals surface area contributed by atoms with Gasteiger partial charge < -0.3 is 24.7 Å². The molecule has 2 aromatic heterocycles. The number of thiol groups is 1. The Balaban J connectivity index is 0.845. The smallest absolute Gasteiger partial charge is 0.293 e. The van der Waals surface area contributed by atoms with Crippen molar-refractivity contribution in [3.8, 4) is 11.5 Å². The quantitative estimate of drug-likeness (QED) is 0.0382. The van der Waals surface area contributed by atoms with Gasteiger partial charge in [-0.3, -0.25) is 29.0 Å². The van der Waals surface area contributed by atoms with Gasteiger partial charge in [0.05, 0.1) is 33.0 Å². The van der Waals surface area contributed by atoms with Crippen LogP contribution >= 0.6 is 0 Å². The van der Waals surface area contributed by atoms with E-state index in [0.717, 1.165) is 81.7 Å². The minimum Gasteiger partial charge on any atom is -0.455 e. The molecule has 1 aliphatic carbocycles. The van der Waals surface area contributed by atoms with Crippen molar-refractivity contribution in [1.82, 2.24) is 24.5 Å². The second-order valence-corrected chi connectivity index (χ2v) is 24.0. The van der Waals surface area contributed by atoms with Crippen LogP contribution in [-0.2, 0) is 32.2 Å². The number of H-pyrrole nitrogens is 1. The Kier molecular flexibility index (Phi) is 15.3. The number of nitrogens with one attached hydrogen (secondary N) is 3. The number of hydrogen-bond donors (Lipinski definition) is 4. The number of sulfonamides is 1. The normalized spacial score (nSPS) is 19.1. The number of ether oxygens (including phenoxy) is 2. The molecule has 4 aliphatic rings. The van der Waals surface area contributed by atoms with Crippen LogP contribution in [-0.4, -0.2) is 119 Å². The molecule has 1 spiro atoms. The molecule has 0 unspecified atom stereocenters. The Bertz CT molecular complexity index is 3350. The third kappa shape index (κ3) is 11.6. The van der Waals surface area contributed by atoms with Crippen LogP contribution in [0.5, 0.6) is 11.5 Å². The number of fused-ring (bicyclic) bond motifs is 1. The van der Waals surface area contributed by atoms with Crippen LogP contribution < -0.4 is 24.0 Å². The van der Waals surface area contributed by atoms with Gasteiger partial charge in [0, 0.05) is 115 Å². The average Bonchev–Trinajstić information content (AvgIpc) is 3.94. The number of aromatic amines is 1. The fourth-order valence-corrected chi connectivity index (χ4v) is 12.9. The maximum absolute atomic E-state index is 16.6. The first-order chi connectivity index (χ1) is 36.9. The number of halogens is 2. The highest BCUT2D eigenvalue weighted by molar-refractivity contribution is 7.90. The van der Waals surface area contributed by atoms with Crippen LogP contribution in [0.2, 0.25) is 0 Å². The van der Waals surface area contributed by atoms with E-state index in [0.29, 0.717) is 41.8 Å². The summed E-state index contributed by atoms with van der Waals surface area (Å²) in [7, 11) is -5.99. The number of rotatable bonds is 17. The van der Waals surface area contributed by atoms with Crippen molar-refractivity contribution >= 4 is 60.6 Å². The van der Waals surface area contributed by atoms with Gasteiger partial charge in [-0.2, -0.15) is 0 Å². The Morgan fingerprint density at radius 1 is 0.987 bits per heavy atom. The Morgan fingerprint density at radius 3 is 2.44 bits per heavy atom. The van der Waals surface area contributed by atoms with Gasteiger partial charge in [-0.1, -0.05) is 50.2 Å². The summed E-state index contributed by atoms with van der Waals surface area (Å²) in [6, 6.07) is 25.7. The molecule has 22 heteroatoms. The van der Waals surface area contributed by atoms with E-state index in [1.807, 2.05) is 33.9 Å². The van der Waals surface area contributed by atoms with Gasteiger partial charge in [0.2, 0.25) is 10.9 Å². The number of amides is 1.